The topological polar surface area (TPSA) is 29.5 Å². The summed E-state index contributed by atoms with van der Waals surface area (Å²) in [5.74, 6) is -0.180. The first-order chi connectivity index (χ1) is 12.3. The Balaban J connectivity index is 1.41. The van der Waals surface area contributed by atoms with Gasteiger partial charge < -0.3 is 4.74 Å². The van der Waals surface area contributed by atoms with Crippen LogP contribution in [0.25, 0.3) is 0 Å². The highest BCUT2D eigenvalue weighted by Crippen LogP contribution is 2.36. The van der Waals surface area contributed by atoms with E-state index in [0.29, 0.717) is 17.6 Å². The SMILES string of the molecule is O=C(OC1CC2CCCC(C1)N2Cc1ccccc1)c1ccccc1. The number of ether oxygens (including phenoxy) is 1. The summed E-state index contributed by atoms with van der Waals surface area (Å²) in [4.78, 5) is 15.0. The van der Waals surface area contributed by atoms with Crippen LogP contribution in [0.2, 0.25) is 0 Å². The van der Waals surface area contributed by atoms with E-state index in [2.05, 4.69) is 35.2 Å². The number of carbonyl (C=O) groups excluding carboxylic acids is 1. The van der Waals surface area contributed by atoms with Crippen LogP contribution in [0.5, 0.6) is 0 Å². The predicted molar refractivity (Wildman–Crippen MR) is 98.3 cm³/mol. The maximum absolute atomic E-state index is 12.4. The van der Waals surface area contributed by atoms with E-state index in [4.69, 9.17) is 4.74 Å². The minimum Gasteiger partial charge on any atom is -0.459 e. The smallest absolute Gasteiger partial charge is 0.338 e. The van der Waals surface area contributed by atoms with Crippen LogP contribution in [0.4, 0.5) is 0 Å². The molecule has 0 spiro atoms. The van der Waals surface area contributed by atoms with Crippen LogP contribution < -0.4 is 0 Å². The van der Waals surface area contributed by atoms with E-state index in [-0.39, 0.29) is 12.1 Å². The summed E-state index contributed by atoms with van der Waals surface area (Å²) < 4.78 is 5.85. The van der Waals surface area contributed by atoms with Crippen molar-refractivity contribution in [3.8, 4) is 0 Å². The van der Waals surface area contributed by atoms with Gasteiger partial charge in [0.2, 0.25) is 0 Å². The molecule has 25 heavy (non-hydrogen) atoms. The van der Waals surface area contributed by atoms with Crippen LogP contribution in [0.15, 0.2) is 60.7 Å². The standard InChI is InChI=1S/C22H25NO2/c24-22(18-10-5-2-6-11-18)25-21-14-19-12-7-13-20(15-21)23(19)16-17-8-3-1-4-9-17/h1-6,8-11,19-21H,7,12-16H2. The second kappa shape index (κ2) is 7.40. The predicted octanol–water partition coefficient (Wildman–Crippen LogP) is 4.43. The van der Waals surface area contributed by atoms with Crippen LogP contribution in [0.1, 0.15) is 48.0 Å². The van der Waals surface area contributed by atoms with E-state index in [9.17, 15) is 4.79 Å². The maximum atomic E-state index is 12.4. The van der Waals surface area contributed by atoms with Gasteiger partial charge in [0.1, 0.15) is 6.10 Å². The van der Waals surface area contributed by atoms with Crippen molar-refractivity contribution < 1.29 is 9.53 Å². The van der Waals surface area contributed by atoms with Gasteiger partial charge in [-0.2, -0.15) is 0 Å². The molecule has 0 saturated carbocycles. The number of piperidine rings is 2. The minimum absolute atomic E-state index is 0.0510. The number of nitrogens with zero attached hydrogens (tertiary/aromatic N) is 1. The molecule has 0 radical (unpaired) electrons. The molecule has 2 saturated heterocycles. The highest BCUT2D eigenvalue weighted by atomic mass is 16.5. The fourth-order valence-corrected chi connectivity index (χ4v) is 4.37. The molecule has 0 amide bonds. The molecule has 130 valence electrons. The summed E-state index contributed by atoms with van der Waals surface area (Å²) >= 11 is 0. The van der Waals surface area contributed by atoms with Gasteiger partial charge in [-0.05, 0) is 30.5 Å². The largest absolute Gasteiger partial charge is 0.459 e. The van der Waals surface area contributed by atoms with Crippen molar-refractivity contribution in [3.63, 3.8) is 0 Å². The van der Waals surface area contributed by atoms with Crippen LogP contribution in [-0.4, -0.2) is 29.1 Å². The number of hydrogen-bond acceptors (Lipinski definition) is 3. The molecular formula is C22H25NO2. The Morgan fingerprint density at radius 3 is 2.16 bits per heavy atom. The highest BCUT2D eigenvalue weighted by molar-refractivity contribution is 5.89. The van der Waals surface area contributed by atoms with Gasteiger partial charge in [0, 0.05) is 31.5 Å². The van der Waals surface area contributed by atoms with E-state index < -0.39 is 0 Å². The lowest BCUT2D eigenvalue weighted by Crippen LogP contribution is -2.53. The third-order valence-electron chi connectivity index (χ3n) is 5.57. The maximum Gasteiger partial charge on any atom is 0.338 e. The zero-order chi connectivity index (χ0) is 17.1. The van der Waals surface area contributed by atoms with Crippen molar-refractivity contribution in [2.45, 2.75) is 56.8 Å². The van der Waals surface area contributed by atoms with E-state index in [1.807, 2.05) is 30.3 Å². The molecule has 0 aromatic heterocycles. The second-order valence-corrected chi connectivity index (χ2v) is 7.26. The lowest BCUT2D eigenvalue weighted by molar-refractivity contribution is -0.0460. The summed E-state index contributed by atoms with van der Waals surface area (Å²) in [7, 11) is 0. The van der Waals surface area contributed by atoms with E-state index in [1.165, 1.54) is 24.8 Å². The molecule has 3 nitrogen and oxygen atoms in total. The summed E-state index contributed by atoms with van der Waals surface area (Å²) in [6.07, 6.45) is 5.69. The van der Waals surface area contributed by atoms with Crippen molar-refractivity contribution in [2.24, 2.45) is 0 Å². The first kappa shape index (κ1) is 16.3. The summed E-state index contributed by atoms with van der Waals surface area (Å²) in [5.41, 5.74) is 2.03. The summed E-state index contributed by atoms with van der Waals surface area (Å²) in [5, 5.41) is 0. The molecule has 0 N–H and O–H groups in total. The van der Waals surface area contributed by atoms with Gasteiger partial charge >= 0.3 is 5.97 Å². The van der Waals surface area contributed by atoms with Crippen LogP contribution in [-0.2, 0) is 11.3 Å². The van der Waals surface area contributed by atoms with Gasteiger partial charge in [0.05, 0.1) is 5.56 Å². The Morgan fingerprint density at radius 1 is 0.920 bits per heavy atom. The number of esters is 1. The molecule has 2 heterocycles. The van der Waals surface area contributed by atoms with Gasteiger partial charge in [-0.3, -0.25) is 4.90 Å². The van der Waals surface area contributed by atoms with Crippen molar-refractivity contribution in [2.75, 3.05) is 0 Å². The molecule has 2 unspecified atom stereocenters. The van der Waals surface area contributed by atoms with Crippen LogP contribution >= 0.6 is 0 Å². The molecule has 2 fully saturated rings. The van der Waals surface area contributed by atoms with Gasteiger partial charge in [0.15, 0.2) is 0 Å². The minimum atomic E-state index is -0.180. The van der Waals surface area contributed by atoms with Gasteiger partial charge in [0.25, 0.3) is 0 Å². The highest BCUT2D eigenvalue weighted by Gasteiger charge is 2.39. The Labute approximate surface area is 149 Å². The van der Waals surface area contributed by atoms with E-state index in [0.717, 1.165) is 19.4 Å². The molecule has 2 bridgehead atoms. The lowest BCUT2D eigenvalue weighted by atomic mass is 9.82. The molecule has 4 rings (SSSR count). The fraction of sp³-hybridized carbons (Fsp3) is 0.409. The first-order valence-electron chi connectivity index (χ1n) is 9.35. The number of carbonyl (C=O) groups is 1. The third-order valence-corrected chi connectivity index (χ3v) is 5.57. The Bertz CT molecular complexity index is 686. The van der Waals surface area contributed by atoms with Gasteiger partial charge in [-0.15, -0.1) is 0 Å². The molecule has 2 aliphatic heterocycles. The average Bonchev–Trinajstić information content (AvgIpc) is 2.64. The Kier molecular flexibility index (Phi) is 4.84. The molecule has 2 aromatic rings. The van der Waals surface area contributed by atoms with Gasteiger partial charge in [-0.25, -0.2) is 4.79 Å². The molecule has 3 heteroatoms. The van der Waals surface area contributed by atoms with E-state index >= 15 is 0 Å². The van der Waals surface area contributed by atoms with E-state index in [1.54, 1.807) is 0 Å². The normalized spacial score (nSPS) is 26.2. The number of benzene rings is 2. The van der Waals surface area contributed by atoms with Crippen LogP contribution in [0, 0.1) is 0 Å². The molecule has 2 aliphatic rings. The number of hydrogen-bond donors (Lipinski definition) is 0. The zero-order valence-corrected chi connectivity index (χ0v) is 14.5. The van der Waals surface area contributed by atoms with Crippen LogP contribution in [0.3, 0.4) is 0 Å². The molecule has 2 atom stereocenters. The Hall–Kier alpha value is -2.13. The first-order valence-corrected chi connectivity index (χ1v) is 9.35. The quantitative estimate of drug-likeness (QED) is 0.774. The Morgan fingerprint density at radius 2 is 1.52 bits per heavy atom. The second-order valence-electron chi connectivity index (χ2n) is 7.26. The summed E-state index contributed by atoms with van der Waals surface area (Å²) in [6.45, 7) is 1.01. The average molecular weight is 335 g/mol. The van der Waals surface area contributed by atoms with Crippen molar-refractivity contribution >= 4 is 5.97 Å². The number of fused-ring (bicyclic) bond motifs is 2. The molecule has 2 aromatic carbocycles. The van der Waals surface area contributed by atoms with Crippen molar-refractivity contribution in [1.29, 1.82) is 0 Å². The lowest BCUT2D eigenvalue weighted by Gasteiger charge is -2.48. The number of rotatable bonds is 4. The molecular weight excluding hydrogens is 310 g/mol. The fourth-order valence-electron chi connectivity index (χ4n) is 4.37. The monoisotopic (exact) mass is 335 g/mol. The zero-order valence-electron chi connectivity index (χ0n) is 14.5. The van der Waals surface area contributed by atoms with Gasteiger partial charge in [-0.1, -0.05) is 55.0 Å². The summed E-state index contributed by atoms with van der Waals surface area (Å²) in [6, 6.07) is 21.1. The third kappa shape index (κ3) is 3.77. The van der Waals surface area contributed by atoms with Crippen molar-refractivity contribution in [1.82, 2.24) is 4.90 Å². The van der Waals surface area contributed by atoms with Crippen molar-refractivity contribution in [3.05, 3.63) is 71.8 Å². The molecule has 0 aliphatic carbocycles.